The number of nitrogens with one attached hydrogen (secondary N) is 1. The summed E-state index contributed by atoms with van der Waals surface area (Å²) in [6.07, 6.45) is -4.46. The van der Waals surface area contributed by atoms with E-state index in [1.807, 2.05) is 6.92 Å². The predicted octanol–water partition coefficient (Wildman–Crippen LogP) is 4.22. The van der Waals surface area contributed by atoms with Gasteiger partial charge in [-0.15, -0.1) is 0 Å². The number of halogens is 4. The summed E-state index contributed by atoms with van der Waals surface area (Å²) in [6.45, 7) is 1.85. The van der Waals surface area contributed by atoms with Gasteiger partial charge in [-0.1, -0.05) is 41.9 Å². The molecule has 0 aliphatic carbocycles. The van der Waals surface area contributed by atoms with E-state index in [9.17, 15) is 13.2 Å². The molecule has 0 spiro atoms. The zero-order chi connectivity index (χ0) is 15.6. The molecule has 2 nitrogen and oxygen atoms in total. The van der Waals surface area contributed by atoms with E-state index in [0.29, 0.717) is 10.6 Å². The van der Waals surface area contributed by atoms with Gasteiger partial charge < -0.3 is 0 Å². The molecule has 1 atom stereocenters. The van der Waals surface area contributed by atoms with Crippen LogP contribution in [0.4, 0.5) is 13.2 Å². The van der Waals surface area contributed by atoms with Gasteiger partial charge >= 0.3 is 6.18 Å². The van der Waals surface area contributed by atoms with Crippen molar-refractivity contribution in [3.63, 3.8) is 0 Å². The highest BCUT2D eigenvalue weighted by Crippen LogP contribution is 2.37. The van der Waals surface area contributed by atoms with Crippen LogP contribution in [0.5, 0.6) is 0 Å². The summed E-state index contributed by atoms with van der Waals surface area (Å²) in [4.78, 5) is 0. The number of nitrogens with two attached hydrogens (primary N) is 1. The minimum Gasteiger partial charge on any atom is -0.271 e. The highest BCUT2D eigenvalue weighted by Gasteiger charge is 2.35. The molecule has 3 N–H and O–H groups in total. The SMILES string of the molecule is Cc1ccc(C(NN)c2ccccc2C(F)(F)F)c(Cl)c1. The van der Waals surface area contributed by atoms with Crippen LogP contribution in [0.1, 0.15) is 28.3 Å². The fourth-order valence-corrected chi connectivity index (χ4v) is 2.56. The van der Waals surface area contributed by atoms with Crippen LogP contribution < -0.4 is 11.3 Å². The average molecular weight is 315 g/mol. The molecule has 21 heavy (non-hydrogen) atoms. The molecule has 0 saturated carbocycles. The molecular formula is C15H14ClF3N2. The summed E-state index contributed by atoms with van der Waals surface area (Å²) in [7, 11) is 0. The summed E-state index contributed by atoms with van der Waals surface area (Å²) in [5.41, 5.74) is 3.15. The third-order valence-corrected chi connectivity index (χ3v) is 3.54. The second-order valence-electron chi connectivity index (χ2n) is 4.71. The van der Waals surface area contributed by atoms with E-state index in [1.54, 1.807) is 18.2 Å². The molecule has 0 aliphatic rings. The lowest BCUT2D eigenvalue weighted by atomic mass is 9.94. The van der Waals surface area contributed by atoms with Crippen molar-refractivity contribution in [2.24, 2.45) is 5.84 Å². The standard InChI is InChI=1S/C15H14ClF3N2/c1-9-6-7-11(13(16)8-9)14(21-20)10-4-2-3-5-12(10)15(17,18)19/h2-8,14,21H,20H2,1H3. The fraction of sp³-hybridized carbons (Fsp3) is 0.200. The molecule has 1 unspecified atom stereocenters. The second kappa shape index (κ2) is 6.05. The van der Waals surface area contributed by atoms with Crippen LogP contribution in [0, 0.1) is 6.92 Å². The van der Waals surface area contributed by atoms with Crippen molar-refractivity contribution < 1.29 is 13.2 Å². The number of benzene rings is 2. The minimum absolute atomic E-state index is 0.0400. The van der Waals surface area contributed by atoms with E-state index in [1.165, 1.54) is 18.2 Å². The molecule has 2 aromatic carbocycles. The Balaban J connectivity index is 2.57. The Bertz CT molecular complexity index is 641. The van der Waals surface area contributed by atoms with Crippen LogP contribution in [0.2, 0.25) is 5.02 Å². The van der Waals surface area contributed by atoms with Crippen molar-refractivity contribution in [3.8, 4) is 0 Å². The lowest BCUT2D eigenvalue weighted by molar-refractivity contribution is -0.138. The summed E-state index contributed by atoms with van der Waals surface area (Å²) in [5.74, 6) is 5.48. The molecule has 0 aliphatic heterocycles. The third kappa shape index (κ3) is 3.37. The van der Waals surface area contributed by atoms with Gasteiger partial charge in [0.1, 0.15) is 0 Å². The van der Waals surface area contributed by atoms with Crippen LogP contribution in [0.15, 0.2) is 42.5 Å². The number of hydrogen-bond donors (Lipinski definition) is 2. The maximum absolute atomic E-state index is 13.1. The first kappa shape index (κ1) is 15.8. The number of hydrogen-bond acceptors (Lipinski definition) is 2. The van der Waals surface area contributed by atoms with Crippen molar-refractivity contribution in [1.82, 2.24) is 5.43 Å². The van der Waals surface area contributed by atoms with Crippen molar-refractivity contribution in [3.05, 3.63) is 69.7 Å². The Morgan fingerprint density at radius 2 is 1.76 bits per heavy atom. The van der Waals surface area contributed by atoms with Crippen molar-refractivity contribution in [2.75, 3.05) is 0 Å². The molecule has 0 aromatic heterocycles. The number of alkyl halides is 3. The van der Waals surface area contributed by atoms with Crippen molar-refractivity contribution >= 4 is 11.6 Å². The van der Waals surface area contributed by atoms with Crippen LogP contribution in [-0.4, -0.2) is 0 Å². The molecule has 2 rings (SSSR count). The molecule has 0 saturated heterocycles. The van der Waals surface area contributed by atoms with Crippen LogP contribution >= 0.6 is 11.6 Å². The average Bonchev–Trinajstić information content (AvgIpc) is 2.41. The number of aryl methyl sites for hydroxylation is 1. The lowest BCUT2D eigenvalue weighted by Gasteiger charge is -2.22. The van der Waals surface area contributed by atoms with E-state index in [-0.39, 0.29) is 5.56 Å². The monoisotopic (exact) mass is 314 g/mol. The summed E-state index contributed by atoms with van der Waals surface area (Å²) in [5, 5.41) is 0.370. The van der Waals surface area contributed by atoms with Crippen molar-refractivity contribution in [2.45, 2.75) is 19.1 Å². The molecule has 0 radical (unpaired) electrons. The maximum atomic E-state index is 13.1. The van der Waals surface area contributed by atoms with E-state index >= 15 is 0 Å². The Kier molecular flexibility index (Phi) is 4.56. The number of hydrazine groups is 1. The van der Waals surface area contributed by atoms with Crippen molar-refractivity contribution in [1.29, 1.82) is 0 Å². The normalized spacial score (nSPS) is 13.2. The zero-order valence-corrected chi connectivity index (χ0v) is 12.0. The van der Waals surface area contributed by atoms with E-state index in [4.69, 9.17) is 17.4 Å². The quantitative estimate of drug-likeness (QED) is 0.657. The summed E-state index contributed by atoms with van der Waals surface area (Å²) in [6, 6.07) is 9.61. The Hall–Kier alpha value is -1.56. The van der Waals surface area contributed by atoms with E-state index in [0.717, 1.165) is 11.6 Å². The van der Waals surface area contributed by atoms with E-state index in [2.05, 4.69) is 5.43 Å². The molecule has 112 valence electrons. The molecule has 0 heterocycles. The highest BCUT2D eigenvalue weighted by atomic mass is 35.5. The largest absolute Gasteiger partial charge is 0.416 e. The Morgan fingerprint density at radius 3 is 2.33 bits per heavy atom. The molecule has 0 bridgehead atoms. The molecular weight excluding hydrogens is 301 g/mol. The number of rotatable bonds is 3. The first-order valence-corrected chi connectivity index (χ1v) is 6.60. The topological polar surface area (TPSA) is 38.0 Å². The van der Waals surface area contributed by atoms with Gasteiger partial charge in [0.15, 0.2) is 0 Å². The van der Waals surface area contributed by atoms with Gasteiger partial charge in [0.25, 0.3) is 0 Å². The molecule has 0 fully saturated rings. The first-order valence-electron chi connectivity index (χ1n) is 6.23. The summed E-state index contributed by atoms with van der Waals surface area (Å²) >= 11 is 6.14. The highest BCUT2D eigenvalue weighted by molar-refractivity contribution is 6.31. The third-order valence-electron chi connectivity index (χ3n) is 3.21. The smallest absolute Gasteiger partial charge is 0.271 e. The summed E-state index contributed by atoms with van der Waals surface area (Å²) < 4.78 is 39.4. The second-order valence-corrected chi connectivity index (χ2v) is 5.12. The van der Waals surface area contributed by atoms with Gasteiger partial charge in [0, 0.05) is 5.02 Å². The van der Waals surface area contributed by atoms with Crippen LogP contribution in [0.3, 0.4) is 0 Å². The van der Waals surface area contributed by atoms with Gasteiger partial charge in [-0.05, 0) is 35.7 Å². The fourth-order valence-electron chi connectivity index (χ4n) is 2.22. The zero-order valence-electron chi connectivity index (χ0n) is 11.2. The van der Waals surface area contributed by atoms with Crippen LogP contribution in [-0.2, 0) is 6.18 Å². The van der Waals surface area contributed by atoms with Gasteiger partial charge in [0.05, 0.1) is 11.6 Å². The van der Waals surface area contributed by atoms with E-state index < -0.39 is 17.8 Å². The molecule has 6 heteroatoms. The minimum atomic E-state index is -4.46. The molecule has 0 amide bonds. The van der Waals surface area contributed by atoms with Gasteiger partial charge in [-0.3, -0.25) is 5.84 Å². The Morgan fingerprint density at radius 1 is 1.10 bits per heavy atom. The molecule has 2 aromatic rings. The predicted molar refractivity (Wildman–Crippen MR) is 76.8 cm³/mol. The van der Waals surface area contributed by atoms with Gasteiger partial charge in [-0.25, -0.2) is 5.43 Å². The Labute approximate surface area is 125 Å². The maximum Gasteiger partial charge on any atom is 0.416 e. The lowest BCUT2D eigenvalue weighted by Crippen LogP contribution is -2.30. The van der Waals surface area contributed by atoms with Crippen LogP contribution in [0.25, 0.3) is 0 Å². The first-order chi connectivity index (χ1) is 9.84. The van der Waals surface area contributed by atoms with Gasteiger partial charge in [0.2, 0.25) is 0 Å². The van der Waals surface area contributed by atoms with Gasteiger partial charge in [-0.2, -0.15) is 13.2 Å².